The van der Waals surface area contributed by atoms with Gasteiger partial charge in [0.05, 0.1) is 21.2 Å². The fourth-order valence-corrected chi connectivity index (χ4v) is 3.73. The van der Waals surface area contributed by atoms with Gasteiger partial charge in [-0.3, -0.25) is 19.3 Å². The fourth-order valence-electron chi connectivity index (χ4n) is 3.43. The van der Waals surface area contributed by atoms with Crippen LogP contribution in [-0.2, 0) is 11.2 Å². The number of fused-ring (bicyclic) bond motifs is 1. The van der Waals surface area contributed by atoms with E-state index < -0.39 is 23.8 Å². The Morgan fingerprint density at radius 2 is 1.43 bits per heavy atom. The van der Waals surface area contributed by atoms with E-state index in [9.17, 15) is 14.4 Å². The number of imide groups is 1. The predicted octanol–water partition coefficient (Wildman–Crippen LogP) is 4.84. The summed E-state index contributed by atoms with van der Waals surface area (Å²) < 4.78 is 0. The third-order valence-electron chi connectivity index (χ3n) is 4.90. The molecule has 1 heterocycles. The summed E-state index contributed by atoms with van der Waals surface area (Å²) in [4.78, 5) is 40.2. The molecule has 0 fully saturated rings. The Kier molecular flexibility index (Phi) is 5.57. The van der Waals surface area contributed by atoms with Gasteiger partial charge in [-0.2, -0.15) is 0 Å². The highest BCUT2D eigenvalue weighted by atomic mass is 35.5. The zero-order valence-electron chi connectivity index (χ0n) is 15.6. The van der Waals surface area contributed by atoms with Crippen LogP contribution in [0.3, 0.4) is 0 Å². The molecule has 1 aliphatic heterocycles. The normalized spacial score (nSPS) is 13.9. The molecule has 1 atom stereocenters. The highest BCUT2D eigenvalue weighted by Gasteiger charge is 2.42. The number of nitrogens with zero attached hydrogens (tertiary/aromatic N) is 1. The maximum absolute atomic E-state index is 13.2. The largest absolute Gasteiger partial charge is 0.324 e. The minimum absolute atomic E-state index is 0.180. The highest BCUT2D eigenvalue weighted by molar-refractivity contribution is 6.42. The number of hydrogen-bond acceptors (Lipinski definition) is 3. The van der Waals surface area contributed by atoms with Crippen LogP contribution in [0, 0.1) is 0 Å². The van der Waals surface area contributed by atoms with Crippen molar-refractivity contribution in [2.45, 2.75) is 12.5 Å². The number of hydrogen-bond donors (Lipinski definition) is 1. The second kappa shape index (κ2) is 8.30. The van der Waals surface area contributed by atoms with E-state index in [4.69, 9.17) is 23.2 Å². The summed E-state index contributed by atoms with van der Waals surface area (Å²) in [5.74, 6) is -1.46. The number of nitrogens with one attached hydrogen (secondary N) is 1. The molecule has 0 aliphatic carbocycles. The average molecular weight is 439 g/mol. The SMILES string of the molecule is O=C(Nc1ccc(Cl)c(Cl)c1)[C@@H](Cc1ccccc1)N1C(=O)c2ccccc2C1=O. The minimum Gasteiger partial charge on any atom is -0.324 e. The molecule has 0 unspecified atom stereocenters. The number of halogens is 2. The van der Waals surface area contributed by atoms with Crippen LogP contribution in [0.15, 0.2) is 72.8 Å². The first-order chi connectivity index (χ1) is 14.5. The monoisotopic (exact) mass is 438 g/mol. The van der Waals surface area contributed by atoms with Gasteiger partial charge in [0.25, 0.3) is 11.8 Å². The molecule has 4 rings (SSSR count). The quantitative estimate of drug-likeness (QED) is 0.579. The van der Waals surface area contributed by atoms with Crippen molar-refractivity contribution in [1.82, 2.24) is 4.90 Å². The molecular weight excluding hydrogens is 423 g/mol. The number of anilines is 1. The van der Waals surface area contributed by atoms with Crippen molar-refractivity contribution in [3.63, 3.8) is 0 Å². The topological polar surface area (TPSA) is 66.5 Å². The van der Waals surface area contributed by atoms with Crippen molar-refractivity contribution in [1.29, 1.82) is 0 Å². The Hall–Kier alpha value is -3.15. The summed E-state index contributed by atoms with van der Waals surface area (Å²) in [6.07, 6.45) is 0.180. The average Bonchev–Trinajstić information content (AvgIpc) is 3.00. The van der Waals surface area contributed by atoms with Gasteiger partial charge in [0.1, 0.15) is 6.04 Å². The molecule has 0 spiro atoms. The van der Waals surface area contributed by atoms with E-state index in [0.717, 1.165) is 10.5 Å². The highest BCUT2D eigenvalue weighted by Crippen LogP contribution is 2.28. The molecule has 5 nitrogen and oxygen atoms in total. The predicted molar refractivity (Wildman–Crippen MR) is 116 cm³/mol. The van der Waals surface area contributed by atoms with Gasteiger partial charge in [0, 0.05) is 12.1 Å². The van der Waals surface area contributed by atoms with Crippen LogP contribution >= 0.6 is 23.2 Å². The maximum Gasteiger partial charge on any atom is 0.262 e. The molecule has 0 aromatic heterocycles. The molecule has 0 radical (unpaired) electrons. The van der Waals surface area contributed by atoms with Crippen LogP contribution in [0.5, 0.6) is 0 Å². The van der Waals surface area contributed by atoms with Crippen molar-refractivity contribution in [2.24, 2.45) is 0 Å². The summed E-state index contributed by atoms with van der Waals surface area (Å²) in [5.41, 5.74) is 1.83. The van der Waals surface area contributed by atoms with Gasteiger partial charge in [-0.25, -0.2) is 0 Å². The van der Waals surface area contributed by atoms with Crippen molar-refractivity contribution < 1.29 is 14.4 Å². The van der Waals surface area contributed by atoms with E-state index in [1.54, 1.807) is 36.4 Å². The van der Waals surface area contributed by atoms with Gasteiger partial charge in [-0.15, -0.1) is 0 Å². The lowest BCUT2D eigenvalue weighted by Gasteiger charge is -2.25. The Morgan fingerprint density at radius 1 is 0.833 bits per heavy atom. The Labute approximate surface area is 183 Å². The third kappa shape index (κ3) is 3.82. The number of rotatable bonds is 5. The molecule has 1 aliphatic rings. The minimum atomic E-state index is -1.03. The van der Waals surface area contributed by atoms with Gasteiger partial charge in [-0.05, 0) is 35.9 Å². The Morgan fingerprint density at radius 3 is 2.03 bits per heavy atom. The van der Waals surface area contributed by atoms with Crippen LogP contribution in [-0.4, -0.2) is 28.7 Å². The molecule has 3 amide bonds. The standard InChI is InChI=1S/C23H16Cl2N2O3/c24-18-11-10-15(13-19(18)25)26-21(28)20(12-14-6-2-1-3-7-14)27-22(29)16-8-4-5-9-17(16)23(27)30/h1-11,13,20H,12H2,(H,26,28)/t20-/m1/s1. The lowest BCUT2D eigenvalue weighted by Crippen LogP contribution is -2.48. The first kappa shape index (κ1) is 20.1. The van der Waals surface area contributed by atoms with E-state index in [2.05, 4.69) is 5.32 Å². The number of carbonyl (C=O) groups is 3. The molecule has 0 saturated heterocycles. The molecule has 7 heteroatoms. The molecule has 3 aromatic rings. The number of amides is 3. The van der Waals surface area contributed by atoms with Gasteiger partial charge in [0.2, 0.25) is 5.91 Å². The van der Waals surface area contributed by atoms with Gasteiger partial charge in [-0.1, -0.05) is 65.7 Å². The zero-order valence-corrected chi connectivity index (χ0v) is 17.2. The Balaban J connectivity index is 1.68. The van der Waals surface area contributed by atoms with Gasteiger partial charge >= 0.3 is 0 Å². The van der Waals surface area contributed by atoms with Crippen LogP contribution < -0.4 is 5.32 Å². The molecule has 0 bridgehead atoms. The summed E-state index contributed by atoms with van der Waals surface area (Å²) in [7, 11) is 0. The van der Waals surface area contributed by atoms with Crippen LogP contribution in [0.25, 0.3) is 0 Å². The van der Waals surface area contributed by atoms with E-state index in [1.165, 1.54) is 6.07 Å². The molecule has 1 N–H and O–H groups in total. The third-order valence-corrected chi connectivity index (χ3v) is 5.64. The summed E-state index contributed by atoms with van der Waals surface area (Å²) >= 11 is 12.0. The van der Waals surface area contributed by atoms with Crippen LogP contribution in [0.2, 0.25) is 10.0 Å². The van der Waals surface area contributed by atoms with Gasteiger partial charge in [0.15, 0.2) is 0 Å². The summed E-state index contributed by atoms with van der Waals surface area (Å²) in [5, 5.41) is 3.39. The van der Waals surface area contributed by atoms with E-state index in [-0.39, 0.29) is 11.4 Å². The molecule has 30 heavy (non-hydrogen) atoms. The first-order valence-corrected chi connectivity index (χ1v) is 9.98. The molecular formula is C23H16Cl2N2O3. The van der Waals surface area contributed by atoms with Crippen molar-refractivity contribution >= 4 is 46.6 Å². The van der Waals surface area contributed by atoms with E-state index in [0.29, 0.717) is 21.8 Å². The van der Waals surface area contributed by atoms with Crippen molar-refractivity contribution in [3.05, 3.63) is 99.5 Å². The van der Waals surface area contributed by atoms with Gasteiger partial charge < -0.3 is 5.32 Å². The Bertz CT molecular complexity index is 1110. The second-order valence-corrected chi connectivity index (χ2v) is 7.66. The smallest absolute Gasteiger partial charge is 0.262 e. The maximum atomic E-state index is 13.2. The lowest BCUT2D eigenvalue weighted by molar-refractivity contribution is -0.119. The van der Waals surface area contributed by atoms with Crippen molar-refractivity contribution in [2.75, 3.05) is 5.32 Å². The van der Waals surface area contributed by atoms with Crippen molar-refractivity contribution in [3.8, 4) is 0 Å². The van der Waals surface area contributed by atoms with Crippen LogP contribution in [0.4, 0.5) is 5.69 Å². The molecule has 3 aromatic carbocycles. The molecule has 0 saturated carbocycles. The first-order valence-electron chi connectivity index (χ1n) is 9.22. The fraction of sp³-hybridized carbons (Fsp3) is 0.0870. The summed E-state index contributed by atoms with van der Waals surface area (Å²) in [6.45, 7) is 0. The lowest BCUT2D eigenvalue weighted by atomic mass is 10.0. The van der Waals surface area contributed by atoms with E-state index in [1.807, 2.05) is 30.3 Å². The van der Waals surface area contributed by atoms with E-state index >= 15 is 0 Å². The number of benzene rings is 3. The second-order valence-electron chi connectivity index (χ2n) is 6.85. The number of carbonyl (C=O) groups excluding carboxylic acids is 3. The molecule has 150 valence electrons. The summed E-state index contributed by atoms with van der Waals surface area (Å²) in [6, 6.07) is 19.4. The zero-order chi connectivity index (χ0) is 21.3. The van der Waals surface area contributed by atoms with Crippen LogP contribution in [0.1, 0.15) is 26.3 Å².